The molecular weight excluding hydrogens is 479 g/mol. The van der Waals surface area contributed by atoms with Crippen LogP contribution in [0.1, 0.15) is 23.0 Å². The molecule has 11 heteroatoms. The summed E-state index contributed by atoms with van der Waals surface area (Å²) < 4.78 is 56.8. The maximum atomic E-state index is 13.8. The number of alkyl halides is 3. The van der Waals surface area contributed by atoms with E-state index in [4.69, 9.17) is 14.2 Å². The number of hydrogen-bond donors (Lipinski definition) is 1. The number of aryl methyl sites for hydroxylation is 1. The summed E-state index contributed by atoms with van der Waals surface area (Å²) in [7, 11) is 2.55. The molecule has 1 aliphatic rings. The lowest BCUT2D eigenvalue weighted by Gasteiger charge is -2.23. The van der Waals surface area contributed by atoms with Crippen molar-refractivity contribution >= 4 is 22.7 Å². The molecule has 1 N–H and O–H groups in total. The van der Waals surface area contributed by atoms with Crippen LogP contribution in [0.15, 0.2) is 35.1 Å². The van der Waals surface area contributed by atoms with Crippen LogP contribution in [-0.4, -0.2) is 62.1 Å². The van der Waals surface area contributed by atoms with Gasteiger partial charge in [-0.3, -0.25) is 4.79 Å². The fourth-order valence-electron chi connectivity index (χ4n) is 4.58. The van der Waals surface area contributed by atoms with Gasteiger partial charge in [0.05, 0.1) is 36.7 Å². The summed E-state index contributed by atoms with van der Waals surface area (Å²) in [6.45, 7) is 2.75. The van der Waals surface area contributed by atoms with E-state index in [1.54, 1.807) is 44.2 Å². The van der Waals surface area contributed by atoms with Crippen LogP contribution in [0.4, 0.5) is 19.0 Å². The number of ether oxygens (including phenoxy) is 3. The zero-order valence-electron chi connectivity index (χ0n) is 20.2. The Labute approximate surface area is 205 Å². The monoisotopic (exact) mass is 505 g/mol. The van der Waals surface area contributed by atoms with Crippen molar-refractivity contribution in [3.8, 4) is 17.0 Å². The summed E-state index contributed by atoms with van der Waals surface area (Å²) >= 11 is 0. The minimum absolute atomic E-state index is 0.0195. The Kier molecular flexibility index (Phi) is 6.94. The van der Waals surface area contributed by atoms with Crippen LogP contribution in [0.25, 0.3) is 22.2 Å². The SMILES string of the molecule is CCOC(=O)c1c(-c2cc3ccccc3nc2N2C[C@H](OC)[C@@H](C(F)(F)F)C2)[nH]c(C)c(OC)c1=O. The Morgan fingerprint density at radius 2 is 1.94 bits per heavy atom. The number of H-pyrrole nitrogens is 1. The van der Waals surface area contributed by atoms with Crippen LogP contribution >= 0.6 is 0 Å². The second-order valence-electron chi connectivity index (χ2n) is 8.46. The molecule has 1 saturated heterocycles. The van der Waals surface area contributed by atoms with Crippen LogP contribution in [0.5, 0.6) is 5.75 Å². The number of benzene rings is 1. The molecule has 0 aliphatic carbocycles. The Morgan fingerprint density at radius 1 is 1.22 bits per heavy atom. The minimum Gasteiger partial charge on any atom is -0.491 e. The second kappa shape index (κ2) is 9.81. The number of aromatic nitrogens is 2. The molecule has 1 fully saturated rings. The van der Waals surface area contributed by atoms with Crippen molar-refractivity contribution < 1.29 is 32.2 Å². The smallest absolute Gasteiger partial charge is 0.396 e. The average Bonchev–Trinajstić information content (AvgIpc) is 3.28. The number of anilines is 1. The van der Waals surface area contributed by atoms with Crippen LogP contribution in [0, 0.1) is 12.8 Å². The molecule has 2 atom stereocenters. The number of hydrogen-bond acceptors (Lipinski definition) is 7. The van der Waals surface area contributed by atoms with Gasteiger partial charge in [0.1, 0.15) is 17.3 Å². The van der Waals surface area contributed by atoms with Crippen LogP contribution < -0.4 is 15.1 Å². The Morgan fingerprint density at radius 3 is 2.56 bits per heavy atom. The maximum absolute atomic E-state index is 13.8. The first-order valence-corrected chi connectivity index (χ1v) is 11.3. The average molecular weight is 505 g/mol. The molecule has 192 valence electrons. The molecule has 0 bridgehead atoms. The third kappa shape index (κ3) is 4.50. The van der Waals surface area contributed by atoms with Crippen LogP contribution in [0.3, 0.4) is 0 Å². The third-order valence-electron chi connectivity index (χ3n) is 6.28. The number of methoxy groups -OCH3 is 2. The van der Waals surface area contributed by atoms with E-state index in [0.29, 0.717) is 16.6 Å². The standard InChI is InChI=1S/C25H26F3N3O5/c1-5-36-24(33)19-20(29-13(2)22(35-4)21(19)32)15-10-14-8-6-7-9-17(14)30-23(15)31-11-16(25(26,27)28)18(12-31)34-3/h6-10,16,18H,5,11-12H2,1-4H3,(H,29,32)/t16-,18-/m0/s1. The predicted octanol–water partition coefficient (Wildman–Crippen LogP) is 4.10. The first-order chi connectivity index (χ1) is 17.1. The largest absolute Gasteiger partial charge is 0.491 e. The summed E-state index contributed by atoms with van der Waals surface area (Å²) in [6.07, 6.45) is -5.58. The summed E-state index contributed by atoms with van der Waals surface area (Å²) in [5, 5.41) is 0.676. The lowest BCUT2D eigenvalue weighted by Crippen LogP contribution is -2.34. The molecule has 0 saturated carbocycles. The van der Waals surface area contributed by atoms with E-state index in [1.165, 1.54) is 19.1 Å². The molecule has 1 aliphatic heterocycles. The third-order valence-corrected chi connectivity index (χ3v) is 6.28. The van der Waals surface area contributed by atoms with E-state index in [1.807, 2.05) is 0 Å². The fraction of sp³-hybridized carbons (Fsp3) is 0.400. The maximum Gasteiger partial charge on any atom is 0.396 e. The van der Waals surface area contributed by atoms with Gasteiger partial charge >= 0.3 is 12.1 Å². The Hall–Kier alpha value is -3.60. The molecule has 8 nitrogen and oxygen atoms in total. The summed E-state index contributed by atoms with van der Waals surface area (Å²) in [5.74, 6) is -2.48. The summed E-state index contributed by atoms with van der Waals surface area (Å²) in [5.41, 5.74) is 0.268. The number of fused-ring (bicyclic) bond motifs is 1. The van der Waals surface area contributed by atoms with E-state index in [2.05, 4.69) is 9.97 Å². The number of pyridine rings is 2. The fourth-order valence-corrected chi connectivity index (χ4v) is 4.58. The zero-order chi connectivity index (χ0) is 26.2. The van der Waals surface area contributed by atoms with Gasteiger partial charge in [-0.1, -0.05) is 18.2 Å². The number of nitrogens with zero attached hydrogens (tertiary/aromatic N) is 2. The number of rotatable bonds is 6. The van der Waals surface area contributed by atoms with Gasteiger partial charge < -0.3 is 24.1 Å². The minimum atomic E-state index is -4.48. The van der Waals surface area contributed by atoms with E-state index < -0.39 is 36.1 Å². The molecule has 1 aromatic carbocycles. The Bertz CT molecular complexity index is 1360. The lowest BCUT2D eigenvalue weighted by molar-refractivity contribution is -0.191. The van der Waals surface area contributed by atoms with Gasteiger partial charge in [-0.15, -0.1) is 0 Å². The highest BCUT2D eigenvalue weighted by molar-refractivity contribution is 6.00. The predicted molar refractivity (Wildman–Crippen MR) is 128 cm³/mol. The number of carbonyl (C=O) groups is 1. The molecule has 0 radical (unpaired) electrons. The van der Waals surface area contributed by atoms with Crippen LogP contribution in [-0.2, 0) is 9.47 Å². The van der Waals surface area contributed by atoms with Crippen molar-refractivity contribution in [2.45, 2.75) is 26.1 Å². The van der Waals surface area contributed by atoms with E-state index >= 15 is 0 Å². The van der Waals surface area contributed by atoms with Gasteiger partial charge in [0.25, 0.3) is 0 Å². The Balaban J connectivity index is 2.00. The number of para-hydroxylation sites is 1. The quantitative estimate of drug-likeness (QED) is 0.504. The summed E-state index contributed by atoms with van der Waals surface area (Å²) in [4.78, 5) is 35.4. The second-order valence-corrected chi connectivity index (χ2v) is 8.46. The molecule has 0 amide bonds. The highest BCUT2D eigenvalue weighted by Crippen LogP contribution is 2.40. The number of aromatic amines is 1. The van der Waals surface area contributed by atoms with E-state index in [0.717, 1.165) is 0 Å². The number of halogens is 3. The van der Waals surface area contributed by atoms with Crippen LogP contribution in [0.2, 0.25) is 0 Å². The molecule has 2 aromatic heterocycles. The van der Waals surface area contributed by atoms with Gasteiger partial charge in [-0.2, -0.15) is 13.2 Å². The first-order valence-electron chi connectivity index (χ1n) is 11.3. The molecule has 3 aromatic rings. The van der Waals surface area contributed by atoms with E-state index in [-0.39, 0.29) is 41.5 Å². The van der Waals surface area contributed by atoms with Crippen molar-refractivity contribution in [2.75, 3.05) is 38.8 Å². The number of esters is 1. The highest BCUT2D eigenvalue weighted by Gasteiger charge is 2.50. The van der Waals surface area contributed by atoms with Gasteiger partial charge in [0.2, 0.25) is 5.43 Å². The highest BCUT2D eigenvalue weighted by atomic mass is 19.4. The van der Waals surface area contributed by atoms with Crippen molar-refractivity contribution in [1.29, 1.82) is 0 Å². The van der Waals surface area contributed by atoms with E-state index in [9.17, 15) is 22.8 Å². The lowest BCUT2D eigenvalue weighted by atomic mass is 10.0. The summed E-state index contributed by atoms with van der Waals surface area (Å²) in [6, 6.07) is 8.78. The zero-order valence-corrected chi connectivity index (χ0v) is 20.2. The van der Waals surface area contributed by atoms with Crippen molar-refractivity contribution in [1.82, 2.24) is 9.97 Å². The first kappa shape index (κ1) is 25.5. The van der Waals surface area contributed by atoms with Gasteiger partial charge in [0, 0.05) is 31.1 Å². The molecule has 36 heavy (non-hydrogen) atoms. The number of carbonyl (C=O) groups excluding carboxylic acids is 1. The van der Waals surface area contributed by atoms with Gasteiger partial charge in [-0.25, -0.2) is 9.78 Å². The molecule has 3 heterocycles. The van der Waals surface area contributed by atoms with Crippen molar-refractivity contribution in [3.63, 3.8) is 0 Å². The molecule has 0 unspecified atom stereocenters. The molecule has 0 spiro atoms. The van der Waals surface area contributed by atoms with Crippen molar-refractivity contribution in [3.05, 3.63) is 51.8 Å². The normalized spacial score (nSPS) is 18.0. The molecular formula is C25H26F3N3O5. The van der Waals surface area contributed by atoms with Gasteiger partial charge in [0.15, 0.2) is 5.75 Å². The van der Waals surface area contributed by atoms with Crippen molar-refractivity contribution in [2.24, 2.45) is 5.92 Å². The van der Waals surface area contributed by atoms with Gasteiger partial charge in [-0.05, 0) is 26.0 Å². The molecule has 4 rings (SSSR count). The topological polar surface area (TPSA) is 93.8 Å². The number of nitrogens with one attached hydrogen (secondary N) is 1.